The van der Waals surface area contributed by atoms with Crippen molar-refractivity contribution >= 4 is 5.82 Å². The third-order valence-corrected chi connectivity index (χ3v) is 2.54. The smallest absolute Gasteiger partial charge is 0.221 e. The van der Waals surface area contributed by atoms with Crippen molar-refractivity contribution in [3.05, 3.63) is 35.5 Å². The first kappa shape index (κ1) is 12.4. The molecule has 0 saturated heterocycles. The van der Waals surface area contributed by atoms with Gasteiger partial charge in [-0.3, -0.25) is 0 Å². The van der Waals surface area contributed by atoms with Crippen LogP contribution >= 0.6 is 0 Å². The van der Waals surface area contributed by atoms with E-state index in [1.807, 2.05) is 32.9 Å². The van der Waals surface area contributed by atoms with Gasteiger partial charge in [0, 0.05) is 0 Å². The van der Waals surface area contributed by atoms with Crippen molar-refractivity contribution in [1.29, 1.82) is 0 Å². The van der Waals surface area contributed by atoms with Crippen molar-refractivity contribution in [2.24, 2.45) is 0 Å². The number of nitrogens with zero attached hydrogens (tertiary/aromatic N) is 2. The number of rotatable bonds is 5. The number of ether oxygens (including phenoxy) is 1. The molecule has 0 atom stereocenters. The molecule has 5 nitrogen and oxygen atoms in total. The zero-order valence-electron chi connectivity index (χ0n) is 10.9. The Morgan fingerprint density at radius 1 is 1.28 bits per heavy atom. The molecule has 5 heteroatoms. The molecule has 0 aromatic carbocycles. The first-order valence-corrected chi connectivity index (χ1v) is 5.94. The lowest BCUT2D eigenvalue weighted by Crippen LogP contribution is -2.05. The van der Waals surface area contributed by atoms with Crippen molar-refractivity contribution in [3.8, 4) is 5.88 Å². The summed E-state index contributed by atoms with van der Waals surface area (Å²) in [6, 6.07) is 3.89. The van der Waals surface area contributed by atoms with Gasteiger partial charge in [-0.05, 0) is 32.9 Å². The lowest BCUT2D eigenvalue weighted by molar-refractivity contribution is 0.324. The van der Waals surface area contributed by atoms with Crippen LogP contribution in [0, 0.1) is 13.8 Å². The van der Waals surface area contributed by atoms with Crippen molar-refractivity contribution < 1.29 is 9.15 Å². The Morgan fingerprint density at radius 2 is 2.11 bits per heavy atom. The maximum absolute atomic E-state index is 5.49. The molecule has 0 aliphatic rings. The van der Waals surface area contributed by atoms with Crippen LogP contribution in [-0.4, -0.2) is 16.6 Å². The summed E-state index contributed by atoms with van der Waals surface area (Å²) < 4.78 is 10.9. The summed E-state index contributed by atoms with van der Waals surface area (Å²) in [6.45, 7) is 6.97. The van der Waals surface area contributed by atoms with Gasteiger partial charge in [0.15, 0.2) is 0 Å². The highest BCUT2D eigenvalue weighted by molar-refractivity contribution is 5.47. The number of anilines is 1. The summed E-state index contributed by atoms with van der Waals surface area (Å²) >= 11 is 0. The Bertz CT molecular complexity index is 523. The molecule has 2 aromatic heterocycles. The monoisotopic (exact) mass is 247 g/mol. The topological polar surface area (TPSA) is 60.2 Å². The van der Waals surface area contributed by atoms with E-state index in [0.29, 0.717) is 19.0 Å². The molecule has 0 spiro atoms. The summed E-state index contributed by atoms with van der Waals surface area (Å²) in [4.78, 5) is 8.29. The minimum atomic E-state index is 0.592. The van der Waals surface area contributed by atoms with Gasteiger partial charge in [-0.2, -0.15) is 0 Å². The van der Waals surface area contributed by atoms with Crippen molar-refractivity contribution in [1.82, 2.24) is 9.97 Å². The van der Waals surface area contributed by atoms with Gasteiger partial charge < -0.3 is 14.5 Å². The molecule has 0 amide bonds. The van der Waals surface area contributed by atoms with Crippen molar-refractivity contribution in [3.63, 3.8) is 0 Å². The number of aryl methyl sites for hydroxylation is 1. The Kier molecular flexibility index (Phi) is 3.82. The van der Waals surface area contributed by atoms with E-state index in [9.17, 15) is 0 Å². The largest absolute Gasteiger partial charge is 0.478 e. The SMILES string of the molecule is CCOc1ncnc(NCc2ccc(C)o2)c1C. The van der Waals surface area contributed by atoms with Crippen LogP contribution in [0.3, 0.4) is 0 Å². The summed E-state index contributed by atoms with van der Waals surface area (Å²) in [7, 11) is 0. The van der Waals surface area contributed by atoms with Crippen molar-refractivity contribution in [2.75, 3.05) is 11.9 Å². The van der Waals surface area contributed by atoms with E-state index >= 15 is 0 Å². The Hall–Kier alpha value is -2.04. The highest BCUT2D eigenvalue weighted by Gasteiger charge is 2.08. The first-order valence-electron chi connectivity index (χ1n) is 5.94. The predicted molar refractivity (Wildman–Crippen MR) is 68.7 cm³/mol. The maximum Gasteiger partial charge on any atom is 0.221 e. The van der Waals surface area contributed by atoms with E-state index < -0.39 is 0 Å². The second-order valence-electron chi connectivity index (χ2n) is 3.95. The Morgan fingerprint density at radius 3 is 2.78 bits per heavy atom. The summed E-state index contributed by atoms with van der Waals surface area (Å²) in [6.07, 6.45) is 1.49. The van der Waals surface area contributed by atoms with Crippen LogP contribution in [0.25, 0.3) is 0 Å². The number of hydrogen-bond acceptors (Lipinski definition) is 5. The molecule has 96 valence electrons. The highest BCUT2D eigenvalue weighted by Crippen LogP contribution is 2.21. The lowest BCUT2D eigenvalue weighted by atomic mass is 10.3. The van der Waals surface area contributed by atoms with E-state index in [1.54, 1.807) is 0 Å². The molecule has 1 N–H and O–H groups in total. The van der Waals surface area contributed by atoms with Gasteiger partial charge in [-0.25, -0.2) is 9.97 Å². The maximum atomic E-state index is 5.49. The average molecular weight is 247 g/mol. The minimum Gasteiger partial charge on any atom is -0.478 e. The Balaban J connectivity index is 2.07. The van der Waals surface area contributed by atoms with E-state index in [4.69, 9.17) is 9.15 Å². The van der Waals surface area contributed by atoms with E-state index in [0.717, 1.165) is 22.9 Å². The molecule has 0 aliphatic heterocycles. The molecule has 0 unspecified atom stereocenters. The van der Waals surface area contributed by atoms with Crippen LogP contribution in [0.15, 0.2) is 22.9 Å². The molecule has 2 aromatic rings. The quantitative estimate of drug-likeness (QED) is 0.880. The second-order valence-corrected chi connectivity index (χ2v) is 3.95. The van der Waals surface area contributed by atoms with Crippen LogP contribution < -0.4 is 10.1 Å². The summed E-state index contributed by atoms with van der Waals surface area (Å²) in [5.41, 5.74) is 0.905. The molecule has 2 rings (SSSR count). The molecule has 0 fully saturated rings. The van der Waals surface area contributed by atoms with Gasteiger partial charge in [-0.1, -0.05) is 0 Å². The Labute approximate surface area is 106 Å². The molecule has 0 aliphatic carbocycles. The van der Waals surface area contributed by atoms with Gasteiger partial charge in [0.05, 0.1) is 18.7 Å². The number of furan rings is 1. The molecule has 2 heterocycles. The minimum absolute atomic E-state index is 0.592. The third kappa shape index (κ3) is 2.80. The third-order valence-electron chi connectivity index (χ3n) is 2.54. The van der Waals surface area contributed by atoms with Crippen LogP contribution in [0.1, 0.15) is 24.0 Å². The molecular formula is C13H17N3O2. The van der Waals surface area contributed by atoms with Gasteiger partial charge in [0.25, 0.3) is 0 Å². The fraction of sp³-hybridized carbons (Fsp3) is 0.385. The van der Waals surface area contributed by atoms with Crippen LogP contribution in [0.5, 0.6) is 5.88 Å². The molecule has 18 heavy (non-hydrogen) atoms. The van der Waals surface area contributed by atoms with Crippen LogP contribution in [0.2, 0.25) is 0 Å². The van der Waals surface area contributed by atoms with Gasteiger partial charge >= 0.3 is 0 Å². The number of hydrogen-bond donors (Lipinski definition) is 1. The second kappa shape index (κ2) is 5.53. The zero-order chi connectivity index (χ0) is 13.0. The molecule has 0 radical (unpaired) electrons. The highest BCUT2D eigenvalue weighted by atomic mass is 16.5. The van der Waals surface area contributed by atoms with Crippen LogP contribution in [0.4, 0.5) is 5.82 Å². The van der Waals surface area contributed by atoms with E-state index in [1.165, 1.54) is 6.33 Å². The fourth-order valence-electron chi connectivity index (χ4n) is 1.65. The van der Waals surface area contributed by atoms with E-state index in [-0.39, 0.29) is 0 Å². The van der Waals surface area contributed by atoms with Gasteiger partial charge in [0.1, 0.15) is 23.7 Å². The standard InChI is InChI=1S/C13H17N3O2/c1-4-17-13-10(3)12(15-8-16-13)14-7-11-6-5-9(2)18-11/h5-6,8H,4,7H2,1-3H3,(H,14,15,16). The summed E-state index contributed by atoms with van der Waals surface area (Å²) in [5, 5.41) is 3.22. The lowest BCUT2D eigenvalue weighted by Gasteiger charge is -2.10. The summed E-state index contributed by atoms with van der Waals surface area (Å²) in [5.74, 6) is 3.16. The van der Waals surface area contributed by atoms with Gasteiger partial charge in [0.2, 0.25) is 5.88 Å². The molecular weight excluding hydrogens is 230 g/mol. The fourth-order valence-corrected chi connectivity index (χ4v) is 1.65. The molecule has 0 saturated carbocycles. The van der Waals surface area contributed by atoms with Crippen molar-refractivity contribution in [2.45, 2.75) is 27.3 Å². The number of nitrogens with one attached hydrogen (secondary N) is 1. The first-order chi connectivity index (χ1) is 8.70. The average Bonchev–Trinajstić information content (AvgIpc) is 2.77. The van der Waals surface area contributed by atoms with Crippen LogP contribution in [-0.2, 0) is 6.54 Å². The molecule has 0 bridgehead atoms. The predicted octanol–water partition coefficient (Wildman–Crippen LogP) is 2.70. The van der Waals surface area contributed by atoms with Gasteiger partial charge in [-0.15, -0.1) is 0 Å². The normalized spacial score (nSPS) is 10.4. The van der Waals surface area contributed by atoms with E-state index in [2.05, 4.69) is 15.3 Å². The zero-order valence-corrected chi connectivity index (χ0v) is 10.9. The number of aromatic nitrogens is 2.